The molecule has 1 aromatic heterocycles. The van der Waals surface area contributed by atoms with Crippen molar-refractivity contribution in [2.45, 2.75) is 77.7 Å². The lowest BCUT2D eigenvalue weighted by atomic mass is 9.53. The Morgan fingerprint density at radius 3 is 2.29 bits per heavy atom. The third-order valence-corrected chi connectivity index (χ3v) is 7.78. The van der Waals surface area contributed by atoms with E-state index in [1.54, 1.807) is 0 Å². The second-order valence-electron chi connectivity index (χ2n) is 10.9. The van der Waals surface area contributed by atoms with E-state index in [1.807, 2.05) is 19.9 Å². The highest BCUT2D eigenvalue weighted by molar-refractivity contribution is 5.97. The van der Waals surface area contributed by atoms with E-state index in [1.165, 1.54) is 25.7 Å². The molecule has 31 heavy (non-hydrogen) atoms. The van der Waals surface area contributed by atoms with Crippen LogP contribution in [0.3, 0.4) is 0 Å². The number of aliphatic imine (C=N–C) groups is 1. The first-order valence-corrected chi connectivity index (χ1v) is 12.1. The zero-order chi connectivity index (χ0) is 21.6. The van der Waals surface area contributed by atoms with Gasteiger partial charge in [-0.15, -0.1) is 0 Å². The second-order valence-corrected chi connectivity index (χ2v) is 10.9. The van der Waals surface area contributed by atoms with E-state index in [4.69, 9.17) is 4.99 Å². The molecule has 0 spiro atoms. The summed E-state index contributed by atoms with van der Waals surface area (Å²) >= 11 is 0. The molecule has 1 atom stereocenters. The minimum Gasteiger partial charge on any atom is -0.342 e. The van der Waals surface area contributed by atoms with Crippen LogP contribution in [0.25, 0.3) is 0 Å². The number of likely N-dealkylation sites (tertiary alicyclic amines) is 1. The fourth-order valence-corrected chi connectivity index (χ4v) is 7.05. The van der Waals surface area contributed by atoms with Gasteiger partial charge in [0.15, 0.2) is 0 Å². The third-order valence-electron chi connectivity index (χ3n) is 7.78. The lowest BCUT2D eigenvalue weighted by molar-refractivity contribution is -0.0133. The average molecular weight is 425 g/mol. The van der Waals surface area contributed by atoms with Crippen molar-refractivity contribution in [3.05, 3.63) is 17.5 Å². The highest BCUT2D eigenvalue weighted by atomic mass is 16.2. The monoisotopic (exact) mass is 424 g/mol. The van der Waals surface area contributed by atoms with Crippen LogP contribution in [0, 0.1) is 37.5 Å². The van der Waals surface area contributed by atoms with Crippen LogP contribution in [0.2, 0.25) is 0 Å². The van der Waals surface area contributed by atoms with Gasteiger partial charge in [0.1, 0.15) is 0 Å². The Kier molecular flexibility index (Phi) is 5.39. The van der Waals surface area contributed by atoms with Crippen molar-refractivity contribution >= 4 is 17.9 Å². The molecule has 4 bridgehead atoms. The molecule has 1 aliphatic heterocycles. The van der Waals surface area contributed by atoms with Gasteiger partial charge in [-0.25, -0.2) is 14.8 Å². The molecule has 7 nitrogen and oxygen atoms in total. The standard InChI is InChI=1S/C24H36N6O/c1-15-5-4-6-30(14-15)22(27-21-25-16(2)7-17(3)26-21)28-23(31)29-24-11-18-8-19(12-24)10-20(9-18)13-24/h7,15,18-20H,4-6,8-14H2,1-3H3,(H2,25,26,27,28,29,31). The molecule has 1 aromatic rings. The molecule has 2 amide bonds. The molecule has 168 valence electrons. The van der Waals surface area contributed by atoms with Gasteiger partial charge in [0.25, 0.3) is 5.95 Å². The first-order chi connectivity index (χ1) is 14.9. The van der Waals surface area contributed by atoms with Crippen molar-refractivity contribution in [1.82, 2.24) is 25.5 Å². The molecule has 7 heteroatoms. The molecule has 5 aliphatic rings. The molecule has 0 aromatic carbocycles. The fourth-order valence-electron chi connectivity index (χ4n) is 7.05. The van der Waals surface area contributed by atoms with Crippen LogP contribution in [0.15, 0.2) is 11.1 Å². The molecule has 2 N–H and O–H groups in total. The number of hydrogen-bond acceptors (Lipinski definition) is 4. The van der Waals surface area contributed by atoms with Crippen LogP contribution in [-0.2, 0) is 0 Å². The number of piperidine rings is 1. The summed E-state index contributed by atoms with van der Waals surface area (Å²) in [7, 11) is 0. The summed E-state index contributed by atoms with van der Waals surface area (Å²) in [5, 5.41) is 6.53. The predicted octanol–water partition coefficient (Wildman–Crippen LogP) is 4.08. The number of rotatable bonds is 2. The molecule has 1 saturated heterocycles. The normalized spacial score (nSPS) is 34.7. The number of amides is 2. The van der Waals surface area contributed by atoms with Gasteiger partial charge in [-0.2, -0.15) is 4.99 Å². The minimum absolute atomic E-state index is 0.0183. The molecule has 5 fully saturated rings. The van der Waals surface area contributed by atoms with E-state index in [0.29, 0.717) is 17.8 Å². The number of carbonyl (C=O) groups is 1. The third kappa shape index (κ3) is 4.55. The van der Waals surface area contributed by atoms with E-state index in [-0.39, 0.29) is 11.6 Å². The van der Waals surface area contributed by atoms with Crippen LogP contribution in [0.1, 0.15) is 69.7 Å². The van der Waals surface area contributed by atoms with Gasteiger partial charge in [-0.1, -0.05) is 6.92 Å². The number of hydrogen-bond donors (Lipinski definition) is 2. The van der Waals surface area contributed by atoms with Gasteiger partial charge < -0.3 is 10.2 Å². The fraction of sp³-hybridized carbons (Fsp3) is 0.750. The van der Waals surface area contributed by atoms with E-state index >= 15 is 0 Å². The Morgan fingerprint density at radius 2 is 1.71 bits per heavy atom. The number of aryl methyl sites for hydroxylation is 2. The van der Waals surface area contributed by atoms with E-state index in [0.717, 1.165) is 67.9 Å². The predicted molar refractivity (Wildman–Crippen MR) is 121 cm³/mol. The smallest absolute Gasteiger partial charge is 0.321 e. The summed E-state index contributed by atoms with van der Waals surface area (Å²) in [6, 6.07) is 1.82. The van der Waals surface area contributed by atoms with Crippen molar-refractivity contribution in [2.75, 3.05) is 13.1 Å². The number of carbonyl (C=O) groups excluding carboxylic acids is 1. The van der Waals surface area contributed by atoms with Crippen LogP contribution < -0.4 is 10.6 Å². The van der Waals surface area contributed by atoms with Crippen molar-refractivity contribution in [3.63, 3.8) is 0 Å². The molecule has 6 rings (SSSR count). The van der Waals surface area contributed by atoms with Crippen molar-refractivity contribution in [3.8, 4) is 0 Å². The lowest BCUT2D eigenvalue weighted by Gasteiger charge is -2.56. The highest BCUT2D eigenvalue weighted by Crippen LogP contribution is 2.55. The molecule has 1 unspecified atom stereocenters. The van der Waals surface area contributed by atoms with Crippen LogP contribution >= 0.6 is 0 Å². The topological polar surface area (TPSA) is 82.5 Å². The number of aromatic nitrogens is 2. The highest BCUT2D eigenvalue weighted by Gasteiger charge is 2.51. The van der Waals surface area contributed by atoms with Gasteiger partial charge in [0, 0.05) is 30.0 Å². The minimum atomic E-state index is -0.122. The summed E-state index contributed by atoms with van der Waals surface area (Å²) in [4.78, 5) is 29.1. The molecular weight excluding hydrogens is 388 g/mol. The van der Waals surface area contributed by atoms with Crippen LogP contribution in [-0.4, -0.2) is 45.5 Å². The summed E-state index contributed by atoms with van der Waals surface area (Å²) in [6.07, 6.45) is 9.83. The van der Waals surface area contributed by atoms with Gasteiger partial charge in [-0.3, -0.25) is 5.32 Å². The maximum Gasteiger partial charge on any atom is 0.321 e. The zero-order valence-electron chi connectivity index (χ0n) is 19.2. The van der Waals surface area contributed by atoms with Crippen molar-refractivity contribution in [1.29, 1.82) is 0 Å². The summed E-state index contributed by atoms with van der Waals surface area (Å²) in [6.45, 7) is 7.94. The molecule has 4 saturated carbocycles. The second kappa shape index (κ2) is 8.06. The first kappa shape index (κ1) is 20.7. The maximum absolute atomic E-state index is 13.2. The van der Waals surface area contributed by atoms with E-state index < -0.39 is 0 Å². The lowest BCUT2D eigenvalue weighted by Crippen LogP contribution is -2.62. The SMILES string of the molecule is Cc1cc(C)nc(/N=C(/NC(=O)NC23CC4CC(CC(C4)C2)C3)N2CCCC(C)C2)n1. The van der Waals surface area contributed by atoms with E-state index in [9.17, 15) is 4.79 Å². The Labute approximate surface area is 185 Å². The molecule has 4 aliphatic carbocycles. The summed E-state index contributed by atoms with van der Waals surface area (Å²) in [5.74, 6) is 3.97. The number of nitrogens with one attached hydrogen (secondary N) is 2. The largest absolute Gasteiger partial charge is 0.342 e. The Hall–Kier alpha value is -2.18. The molecule has 2 heterocycles. The zero-order valence-corrected chi connectivity index (χ0v) is 19.2. The number of guanidine groups is 1. The van der Waals surface area contributed by atoms with Gasteiger partial charge in [-0.05, 0) is 95.0 Å². The van der Waals surface area contributed by atoms with E-state index in [2.05, 4.69) is 32.4 Å². The van der Waals surface area contributed by atoms with Gasteiger partial charge in [0.05, 0.1) is 0 Å². The Balaban J connectivity index is 1.35. The molecular formula is C24H36N6O. The Morgan fingerprint density at radius 1 is 1.10 bits per heavy atom. The van der Waals surface area contributed by atoms with Crippen molar-refractivity contribution in [2.24, 2.45) is 28.7 Å². The average Bonchev–Trinajstić information content (AvgIpc) is 2.65. The Bertz CT molecular complexity index is 825. The van der Waals surface area contributed by atoms with Crippen molar-refractivity contribution < 1.29 is 4.79 Å². The maximum atomic E-state index is 13.2. The summed E-state index contributed by atoms with van der Waals surface area (Å²) in [5.41, 5.74) is 1.75. The van der Waals surface area contributed by atoms with Gasteiger partial charge >= 0.3 is 6.03 Å². The quantitative estimate of drug-likeness (QED) is 0.554. The van der Waals surface area contributed by atoms with Crippen LogP contribution in [0.4, 0.5) is 10.7 Å². The van der Waals surface area contributed by atoms with Crippen LogP contribution in [0.5, 0.6) is 0 Å². The molecule has 0 radical (unpaired) electrons. The van der Waals surface area contributed by atoms with Gasteiger partial charge in [0.2, 0.25) is 5.96 Å². The number of urea groups is 1. The summed E-state index contributed by atoms with van der Waals surface area (Å²) < 4.78 is 0. The number of nitrogens with zero attached hydrogens (tertiary/aromatic N) is 4. The first-order valence-electron chi connectivity index (χ1n) is 12.1.